The van der Waals surface area contributed by atoms with Crippen molar-refractivity contribution in [2.24, 2.45) is 5.92 Å². The van der Waals surface area contributed by atoms with Crippen molar-refractivity contribution in [3.8, 4) is 0 Å². The third-order valence-corrected chi connectivity index (χ3v) is 5.73. The number of halogens is 1. The van der Waals surface area contributed by atoms with Crippen LogP contribution in [-0.2, 0) is 21.2 Å². The molecule has 2 aromatic rings. The van der Waals surface area contributed by atoms with E-state index in [0.29, 0.717) is 23.2 Å². The molecule has 0 heterocycles. The van der Waals surface area contributed by atoms with Gasteiger partial charge in [-0.3, -0.25) is 9.10 Å². The van der Waals surface area contributed by atoms with Gasteiger partial charge in [0.2, 0.25) is 15.9 Å². The van der Waals surface area contributed by atoms with E-state index in [1.807, 2.05) is 18.2 Å². The van der Waals surface area contributed by atoms with Crippen molar-refractivity contribution in [3.05, 3.63) is 65.2 Å². The fourth-order valence-electron chi connectivity index (χ4n) is 2.76. The number of anilines is 1. The highest BCUT2D eigenvalue weighted by atomic mass is 35.5. The number of hydrogen-bond acceptors (Lipinski definition) is 3. The van der Waals surface area contributed by atoms with Crippen LogP contribution in [0.5, 0.6) is 0 Å². The number of carbonyl (C=O) groups excluding carboxylic acids is 1. The molecule has 0 aliphatic heterocycles. The Bertz CT molecular complexity index is 839. The second kappa shape index (κ2) is 9.76. The second-order valence-corrected chi connectivity index (χ2v) is 8.86. The van der Waals surface area contributed by atoms with Crippen molar-refractivity contribution < 1.29 is 13.2 Å². The van der Waals surface area contributed by atoms with Crippen LogP contribution in [0.4, 0.5) is 5.69 Å². The molecule has 1 N–H and O–H groups in total. The van der Waals surface area contributed by atoms with E-state index in [9.17, 15) is 13.2 Å². The summed E-state index contributed by atoms with van der Waals surface area (Å²) in [7, 11) is -3.59. The Kier molecular flexibility index (Phi) is 7.68. The second-order valence-electron chi connectivity index (χ2n) is 6.51. The van der Waals surface area contributed by atoms with Crippen LogP contribution in [0.15, 0.2) is 54.6 Å². The fraction of sp³-hybridized carbons (Fsp3) is 0.350. The first-order valence-electron chi connectivity index (χ1n) is 8.83. The van der Waals surface area contributed by atoms with Crippen molar-refractivity contribution in [1.29, 1.82) is 0 Å². The highest BCUT2D eigenvalue weighted by molar-refractivity contribution is 7.92. The molecule has 146 valence electrons. The minimum absolute atomic E-state index is 0.262. The molecule has 0 saturated heterocycles. The summed E-state index contributed by atoms with van der Waals surface area (Å²) in [5.74, 6) is -0.0412. The molecule has 0 aromatic heterocycles. The zero-order valence-corrected chi connectivity index (χ0v) is 17.1. The largest absolute Gasteiger partial charge is 0.354 e. The SMILES string of the molecule is CCC(CNC(=O)CN(c1ccc(Cl)cc1)S(C)(=O)=O)Cc1ccccc1. The van der Waals surface area contributed by atoms with Crippen LogP contribution in [-0.4, -0.2) is 33.7 Å². The molecule has 0 saturated carbocycles. The summed E-state index contributed by atoms with van der Waals surface area (Å²) in [6, 6.07) is 16.5. The molecule has 2 aromatic carbocycles. The monoisotopic (exact) mass is 408 g/mol. The molecule has 1 unspecified atom stereocenters. The molecule has 0 aliphatic rings. The number of nitrogens with zero attached hydrogens (tertiary/aromatic N) is 1. The van der Waals surface area contributed by atoms with Gasteiger partial charge in [-0.15, -0.1) is 0 Å². The highest BCUT2D eigenvalue weighted by Crippen LogP contribution is 2.20. The lowest BCUT2D eigenvalue weighted by atomic mass is 9.97. The number of rotatable bonds is 9. The third kappa shape index (κ3) is 6.88. The van der Waals surface area contributed by atoms with Crippen molar-refractivity contribution in [2.45, 2.75) is 19.8 Å². The molecule has 1 atom stereocenters. The van der Waals surface area contributed by atoms with Crippen LogP contribution < -0.4 is 9.62 Å². The maximum Gasteiger partial charge on any atom is 0.240 e. The number of carbonyl (C=O) groups is 1. The predicted molar refractivity (Wildman–Crippen MR) is 111 cm³/mol. The van der Waals surface area contributed by atoms with Crippen LogP contribution in [0.2, 0.25) is 5.02 Å². The molecule has 0 radical (unpaired) electrons. The van der Waals surface area contributed by atoms with E-state index in [1.54, 1.807) is 24.3 Å². The average molecular weight is 409 g/mol. The van der Waals surface area contributed by atoms with E-state index in [0.717, 1.165) is 23.4 Å². The molecule has 0 spiro atoms. The molecule has 0 fully saturated rings. The molecule has 5 nitrogen and oxygen atoms in total. The van der Waals surface area contributed by atoms with E-state index in [4.69, 9.17) is 11.6 Å². The first kappa shape index (κ1) is 21.3. The summed E-state index contributed by atoms with van der Waals surface area (Å²) in [5, 5.41) is 3.37. The Balaban J connectivity index is 1.97. The predicted octanol–water partition coefficient (Wildman–Crippen LogP) is 3.49. The zero-order valence-electron chi connectivity index (χ0n) is 15.6. The third-order valence-electron chi connectivity index (χ3n) is 4.33. The summed E-state index contributed by atoms with van der Waals surface area (Å²) in [6.07, 6.45) is 2.87. The molecule has 1 amide bonds. The summed E-state index contributed by atoms with van der Waals surface area (Å²) in [6.45, 7) is 2.32. The maximum absolute atomic E-state index is 12.4. The van der Waals surface area contributed by atoms with Crippen molar-refractivity contribution in [1.82, 2.24) is 5.32 Å². The normalized spacial score (nSPS) is 12.4. The first-order valence-corrected chi connectivity index (χ1v) is 11.1. The highest BCUT2D eigenvalue weighted by Gasteiger charge is 2.21. The van der Waals surface area contributed by atoms with E-state index in [2.05, 4.69) is 24.4 Å². The van der Waals surface area contributed by atoms with Crippen LogP contribution in [0.3, 0.4) is 0 Å². The van der Waals surface area contributed by atoms with Gasteiger partial charge in [-0.25, -0.2) is 8.42 Å². The maximum atomic E-state index is 12.4. The Morgan fingerprint density at radius 2 is 1.74 bits per heavy atom. The average Bonchev–Trinajstić information content (AvgIpc) is 2.64. The molecular weight excluding hydrogens is 384 g/mol. The smallest absolute Gasteiger partial charge is 0.240 e. The van der Waals surface area contributed by atoms with Crippen LogP contribution in [0.25, 0.3) is 0 Å². The van der Waals surface area contributed by atoms with Crippen molar-refractivity contribution in [3.63, 3.8) is 0 Å². The molecule has 2 rings (SSSR count). The lowest BCUT2D eigenvalue weighted by Crippen LogP contribution is -2.41. The lowest BCUT2D eigenvalue weighted by molar-refractivity contribution is -0.119. The summed E-state index contributed by atoms with van der Waals surface area (Å²) >= 11 is 5.86. The van der Waals surface area contributed by atoms with E-state index < -0.39 is 10.0 Å². The summed E-state index contributed by atoms with van der Waals surface area (Å²) < 4.78 is 25.3. The van der Waals surface area contributed by atoms with Gasteiger partial charge in [-0.1, -0.05) is 55.3 Å². The molecule has 0 bridgehead atoms. The van der Waals surface area contributed by atoms with Gasteiger partial charge in [0.1, 0.15) is 6.54 Å². The standard InChI is InChI=1S/C20H25ClN2O3S/c1-3-16(13-17-7-5-4-6-8-17)14-22-20(24)15-23(27(2,25)26)19-11-9-18(21)10-12-19/h4-12,16H,3,13-15H2,1-2H3,(H,22,24). The van der Waals surface area contributed by atoms with Crippen molar-refractivity contribution >= 4 is 33.2 Å². The Labute approximate surface area is 166 Å². The van der Waals surface area contributed by atoms with Gasteiger partial charge >= 0.3 is 0 Å². The Morgan fingerprint density at radius 3 is 2.30 bits per heavy atom. The molecule has 0 aliphatic carbocycles. The molecule has 7 heteroatoms. The van der Waals surface area contributed by atoms with Gasteiger partial charge in [0, 0.05) is 11.6 Å². The van der Waals surface area contributed by atoms with Crippen LogP contribution in [0, 0.1) is 5.92 Å². The topological polar surface area (TPSA) is 66.5 Å². The summed E-state index contributed by atoms with van der Waals surface area (Å²) in [5.41, 5.74) is 1.63. The lowest BCUT2D eigenvalue weighted by Gasteiger charge is -2.23. The number of hydrogen-bond donors (Lipinski definition) is 1. The minimum atomic E-state index is -3.59. The number of benzene rings is 2. The minimum Gasteiger partial charge on any atom is -0.354 e. The van der Waals surface area contributed by atoms with Gasteiger partial charge in [0.25, 0.3) is 0 Å². The molecule has 27 heavy (non-hydrogen) atoms. The first-order chi connectivity index (χ1) is 12.8. The van der Waals surface area contributed by atoms with Gasteiger partial charge in [-0.05, 0) is 42.2 Å². The van der Waals surface area contributed by atoms with E-state index in [1.165, 1.54) is 5.56 Å². The van der Waals surface area contributed by atoms with Crippen LogP contribution in [0.1, 0.15) is 18.9 Å². The van der Waals surface area contributed by atoms with Gasteiger partial charge in [0.15, 0.2) is 0 Å². The fourth-order valence-corrected chi connectivity index (χ4v) is 3.74. The van der Waals surface area contributed by atoms with Gasteiger partial charge in [0.05, 0.1) is 11.9 Å². The summed E-state index contributed by atoms with van der Waals surface area (Å²) in [4.78, 5) is 12.4. The van der Waals surface area contributed by atoms with E-state index in [-0.39, 0.29) is 12.5 Å². The van der Waals surface area contributed by atoms with Gasteiger partial charge in [-0.2, -0.15) is 0 Å². The number of nitrogens with one attached hydrogen (secondary N) is 1. The Hall–Kier alpha value is -2.05. The van der Waals surface area contributed by atoms with E-state index >= 15 is 0 Å². The Morgan fingerprint density at radius 1 is 1.11 bits per heavy atom. The molecular formula is C20H25ClN2O3S. The number of sulfonamides is 1. The number of amides is 1. The van der Waals surface area contributed by atoms with Crippen LogP contribution >= 0.6 is 11.6 Å². The quantitative estimate of drug-likeness (QED) is 0.690. The zero-order chi connectivity index (χ0) is 19.9. The van der Waals surface area contributed by atoms with Gasteiger partial charge < -0.3 is 5.32 Å². The van der Waals surface area contributed by atoms with Crippen molar-refractivity contribution in [2.75, 3.05) is 23.7 Å².